The monoisotopic (exact) mass is 303 g/mol. The van der Waals surface area contributed by atoms with Gasteiger partial charge in [-0.3, -0.25) is 0 Å². The van der Waals surface area contributed by atoms with Gasteiger partial charge in [-0.1, -0.05) is 18.2 Å². The molecule has 0 saturated heterocycles. The van der Waals surface area contributed by atoms with Gasteiger partial charge in [0.15, 0.2) is 9.84 Å². The van der Waals surface area contributed by atoms with Crippen LogP contribution in [-0.2, 0) is 9.84 Å². The van der Waals surface area contributed by atoms with Gasteiger partial charge in [-0.15, -0.1) is 0 Å². The molecule has 0 saturated carbocycles. The van der Waals surface area contributed by atoms with Crippen LogP contribution in [0.1, 0.15) is 17.2 Å². The quantitative estimate of drug-likeness (QED) is 0.927. The summed E-state index contributed by atoms with van der Waals surface area (Å²) >= 11 is 0. The van der Waals surface area contributed by atoms with Crippen LogP contribution in [-0.4, -0.2) is 21.2 Å². The van der Waals surface area contributed by atoms with Gasteiger partial charge in [0, 0.05) is 6.26 Å². The second-order valence-corrected chi connectivity index (χ2v) is 7.34. The largest absolute Gasteiger partial charge is 0.482 e. The average molecular weight is 303 g/mol. The van der Waals surface area contributed by atoms with Crippen molar-refractivity contribution in [3.05, 3.63) is 53.6 Å². The van der Waals surface area contributed by atoms with Crippen molar-refractivity contribution >= 4 is 15.5 Å². The van der Waals surface area contributed by atoms with Gasteiger partial charge in [0.05, 0.1) is 17.1 Å². The third kappa shape index (κ3) is 2.88. The van der Waals surface area contributed by atoms with Crippen molar-refractivity contribution in [3.8, 4) is 5.75 Å². The molecule has 2 aromatic carbocycles. The summed E-state index contributed by atoms with van der Waals surface area (Å²) in [5.41, 5.74) is 3.14. The molecule has 1 heterocycles. The van der Waals surface area contributed by atoms with Crippen molar-refractivity contribution in [2.24, 2.45) is 0 Å². The van der Waals surface area contributed by atoms with Gasteiger partial charge in [-0.2, -0.15) is 0 Å². The Morgan fingerprint density at radius 1 is 1.14 bits per heavy atom. The van der Waals surface area contributed by atoms with Gasteiger partial charge in [0.25, 0.3) is 0 Å². The minimum atomic E-state index is -3.16. The average Bonchev–Trinajstić information content (AvgIpc) is 2.46. The molecule has 1 aliphatic heterocycles. The number of sulfone groups is 1. The fourth-order valence-corrected chi connectivity index (χ4v) is 3.03. The molecule has 0 aromatic heterocycles. The highest BCUT2D eigenvalue weighted by Crippen LogP contribution is 2.34. The van der Waals surface area contributed by atoms with E-state index >= 15 is 0 Å². The van der Waals surface area contributed by atoms with E-state index in [2.05, 4.69) is 11.4 Å². The van der Waals surface area contributed by atoms with E-state index in [4.69, 9.17) is 4.74 Å². The third-order valence-corrected chi connectivity index (χ3v) is 4.69. The van der Waals surface area contributed by atoms with Crippen LogP contribution in [0, 0.1) is 6.92 Å². The fraction of sp³-hybridized carbons (Fsp3) is 0.250. The predicted octanol–water partition coefficient (Wildman–Crippen LogP) is 2.94. The topological polar surface area (TPSA) is 55.4 Å². The van der Waals surface area contributed by atoms with Crippen LogP contribution < -0.4 is 10.1 Å². The zero-order valence-electron chi connectivity index (χ0n) is 12.0. The first-order chi connectivity index (χ1) is 9.93. The molecule has 0 radical (unpaired) electrons. The number of rotatable bonds is 2. The van der Waals surface area contributed by atoms with Gasteiger partial charge in [0.2, 0.25) is 0 Å². The summed E-state index contributed by atoms with van der Waals surface area (Å²) in [6.07, 6.45) is 1.09. The Labute approximate surface area is 124 Å². The molecule has 0 amide bonds. The zero-order valence-corrected chi connectivity index (χ0v) is 12.8. The van der Waals surface area contributed by atoms with Gasteiger partial charge >= 0.3 is 0 Å². The summed E-state index contributed by atoms with van der Waals surface area (Å²) in [7, 11) is -3.16. The Morgan fingerprint density at radius 2 is 1.86 bits per heavy atom. The second kappa shape index (κ2) is 5.07. The maximum Gasteiger partial charge on any atom is 0.175 e. The van der Waals surface area contributed by atoms with E-state index < -0.39 is 9.84 Å². The minimum absolute atomic E-state index is 0.117. The summed E-state index contributed by atoms with van der Waals surface area (Å²) in [6, 6.07) is 12.9. The number of hydrogen-bond donors (Lipinski definition) is 1. The number of nitrogens with one attached hydrogen (secondary N) is 1. The highest BCUT2D eigenvalue weighted by molar-refractivity contribution is 7.90. The SMILES string of the molecule is Cc1ccc2c(c1)NCC(c1ccc(S(C)(=O)=O)cc1)O2. The van der Waals surface area contributed by atoms with E-state index in [1.807, 2.05) is 31.2 Å². The lowest BCUT2D eigenvalue weighted by atomic mass is 10.1. The normalized spacial score (nSPS) is 17.5. The van der Waals surface area contributed by atoms with Crippen LogP contribution in [0.3, 0.4) is 0 Å². The van der Waals surface area contributed by atoms with Gasteiger partial charge in [-0.25, -0.2) is 8.42 Å². The maximum atomic E-state index is 11.5. The Morgan fingerprint density at radius 3 is 2.52 bits per heavy atom. The third-order valence-electron chi connectivity index (χ3n) is 3.56. The molecular weight excluding hydrogens is 286 g/mol. The zero-order chi connectivity index (χ0) is 15.0. The molecule has 21 heavy (non-hydrogen) atoms. The van der Waals surface area contributed by atoms with Crippen LogP contribution in [0.5, 0.6) is 5.75 Å². The van der Waals surface area contributed by atoms with E-state index in [0.29, 0.717) is 11.4 Å². The van der Waals surface area contributed by atoms with Crippen LogP contribution in [0.25, 0.3) is 0 Å². The predicted molar refractivity (Wildman–Crippen MR) is 82.6 cm³/mol. The molecule has 1 N–H and O–H groups in total. The summed E-state index contributed by atoms with van der Waals surface area (Å²) < 4.78 is 28.9. The molecule has 1 atom stereocenters. The summed E-state index contributed by atoms with van der Waals surface area (Å²) in [5.74, 6) is 0.823. The Balaban J connectivity index is 1.84. The van der Waals surface area contributed by atoms with Crippen LogP contribution in [0.2, 0.25) is 0 Å². The van der Waals surface area contributed by atoms with Gasteiger partial charge in [-0.05, 0) is 42.3 Å². The number of hydrogen-bond acceptors (Lipinski definition) is 4. The first kappa shape index (κ1) is 13.9. The number of fused-ring (bicyclic) bond motifs is 1. The number of benzene rings is 2. The van der Waals surface area contributed by atoms with Gasteiger partial charge < -0.3 is 10.1 Å². The molecule has 3 rings (SSSR count). The molecule has 4 nitrogen and oxygen atoms in total. The standard InChI is InChI=1S/C16H17NO3S/c1-11-3-8-15-14(9-11)17-10-16(20-15)12-4-6-13(7-5-12)21(2,18)19/h3-9,16-17H,10H2,1-2H3. The van der Waals surface area contributed by atoms with Crippen molar-refractivity contribution in [2.75, 3.05) is 18.1 Å². The lowest BCUT2D eigenvalue weighted by molar-refractivity contribution is 0.210. The first-order valence-electron chi connectivity index (χ1n) is 6.75. The Bertz CT molecular complexity index is 767. The molecule has 5 heteroatoms. The lowest BCUT2D eigenvalue weighted by Crippen LogP contribution is -2.23. The Hall–Kier alpha value is -2.01. The Kier molecular flexibility index (Phi) is 3.37. The van der Waals surface area contributed by atoms with Crippen LogP contribution in [0.15, 0.2) is 47.4 Å². The summed E-state index contributed by atoms with van der Waals surface area (Å²) in [6.45, 7) is 2.70. The highest BCUT2D eigenvalue weighted by Gasteiger charge is 2.21. The first-order valence-corrected chi connectivity index (χ1v) is 8.64. The molecule has 1 unspecified atom stereocenters. The van der Waals surface area contributed by atoms with E-state index in [-0.39, 0.29) is 6.10 Å². The minimum Gasteiger partial charge on any atom is -0.482 e. The molecule has 1 aliphatic rings. The maximum absolute atomic E-state index is 11.5. The summed E-state index contributed by atoms with van der Waals surface area (Å²) in [4.78, 5) is 0.325. The van der Waals surface area contributed by atoms with E-state index in [1.165, 1.54) is 11.8 Å². The van der Waals surface area contributed by atoms with Crippen molar-refractivity contribution < 1.29 is 13.2 Å². The number of anilines is 1. The van der Waals surface area contributed by atoms with Crippen molar-refractivity contribution in [2.45, 2.75) is 17.9 Å². The molecule has 0 fully saturated rings. The molecule has 110 valence electrons. The molecular formula is C16H17NO3S. The molecule has 0 aliphatic carbocycles. The smallest absolute Gasteiger partial charge is 0.175 e. The van der Waals surface area contributed by atoms with E-state index in [1.54, 1.807) is 12.1 Å². The van der Waals surface area contributed by atoms with Crippen LogP contribution in [0.4, 0.5) is 5.69 Å². The summed E-state index contributed by atoms with van der Waals surface area (Å²) in [5, 5.41) is 3.35. The highest BCUT2D eigenvalue weighted by atomic mass is 32.2. The van der Waals surface area contributed by atoms with E-state index in [9.17, 15) is 8.42 Å². The van der Waals surface area contributed by atoms with Gasteiger partial charge in [0.1, 0.15) is 11.9 Å². The molecule has 0 spiro atoms. The molecule has 2 aromatic rings. The van der Waals surface area contributed by atoms with Crippen molar-refractivity contribution in [3.63, 3.8) is 0 Å². The fourth-order valence-electron chi connectivity index (χ4n) is 2.40. The number of ether oxygens (including phenoxy) is 1. The number of aryl methyl sites for hydroxylation is 1. The second-order valence-electron chi connectivity index (χ2n) is 5.33. The van der Waals surface area contributed by atoms with Crippen molar-refractivity contribution in [1.29, 1.82) is 0 Å². The lowest BCUT2D eigenvalue weighted by Gasteiger charge is -2.28. The van der Waals surface area contributed by atoms with Crippen molar-refractivity contribution in [1.82, 2.24) is 0 Å². The molecule has 0 bridgehead atoms. The van der Waals surface area contributed by atoms with E-state index in [0.717, 1.165) is 17.0 Å². The van der Waals surface area contributed by atoms with Crippen LogP contribution >= 0.6 is 0 Å².